The van der Waals surface area contributed by atoms with Crippen molar-refractivity contribution in [3.8, 4) is 11.3 Å². The largest absolute Gasteiger partial charge is 0.444 e. The summed E-state index contributed by atoms with van der Waals surface area (Å²) in [5, 5.41) is 0.425. The van der Waals surface area contributed by atoms with Gasteiger partial charge in [-0.1, -0.05) is 11.6 Å². The van der Waals surface area contributed by atoms with E-state index in [0.717, 1.165) is 5.56 Å². The third kappa shape index (κ3) is 4.89. The molecule has 10 heteroatoms. The van der Waals surface area contributed by atoms with Crippen LogP contribution in [0.4, 0.5) is 19.4 Å². The number of hydrogen-bond donors (Lipinski definition) is 0. The van der Waals surface area contributed by atoms with Gasteiger partial charge in [-0.15, -0.1) is 0 Å². The van der Waals surface area contributed by atoms with Crippen LogP contribution in [0.15, 0.2) is 18.2 Å². The van der Waals surface area contributed by atoms with Crippen molar-refractivity contribution in [2.45, 2.75) is 40.2 Å². The molecule has 0 N–H and O–H groups in total. The Morgan fingerprint density at radius 2 is 1.71 bits per heavy atom. The molecule has 1 aromatic carbocycles. The van der Waals surface area contributed by atoms with Crippen LogP contribution in [0.1, 0.15) is 32.0 Å². The fourth-order valence-corrected chi connectivity index (χ4v) is 4.31. The van der Waals surface area contributed by atoms with E-state index in [1.165, 1.54) is 0 Å². The van der Waals surface area contributed by atoms with Crippen molar-refractivity contribution < 1.29 is 18.3 Å². The van der Waals surface area contributed by atoms with Gasteiger partial charge in [-0.2, -0.15) is 14.4 Å². The zero-order chi connectivity index (χ0) is 24.8. The minimum absolute atomic E-state index is 0.0692. The Kier molecular flexibility index (Phi) is 6.33. The molecule has 1 amide bonds. The first-order chi connectivity index (χ1) is 15.9. The van der Waals surface area contributed by atoms with E-state index >= 15 is 4.39 Å². The smallest absolute Gasteiger partial charge is 0.410 e. The lowest BCUT2D eigenvalue weighted by molar-refractivity contribution is 0.0240. The number of ether oxygens (including phenoxy) is 1. The van der Waals surface area contributed by atoms with Crippen LogP contribution >= 0.6 is 11.6 Å². The molecule has 7 nitrogen and oxygen atoms in total. The van der Waals surface area contributed by atoms with E-state index in [1.54, 1.807) is 49.6 Å². The maximum absolute atomic E-state index is 15.7. The molecule has 0 saturated carbocycles. The van der Waals surface area contributed by atoms with E-state index in [9.17, 15) is 9.18 Å². The van der Waals surface area contributed by atoms with Crippen LogP contribution in [-0.2, 0) is 4.74 Å². The van der Waals surface area contributed by atoms with Gasteiger partial charge in [0, 0.05) is 37.3 Å². The van der Waals surface area contributed by atoms with Crippen LogP contribution in [-0.4, -0.2) is 57.7 Å². The number of nitrogens with zero attached hydrogens (tertiary/aromatic N) is 5. The maximum Gasteiger partial charge on any atom is 0.410 e. The molecule has 0 atom stereocenters. The number of aromatic nitrogens is 3. The van der Waals surface area contributed by atoms with Crippen LogP contribution in [0.3, 0.4) is 0 Å². The zero-order valence-corrected chi connectivity index (χ0v) is 20.5. The van der Waals surface area contributed by atoms with Crippen molar-refractivity contribution >= 4 is 34.4 Å². The number of halogens is 3. The van der Waals surface area contributed by atoms with Crippen LogP contribution < -0.4 is 4.90 Å². The standard InChI is InChI=1S/C24H26ClF2N5O2/c1-13-10-14(2)28-17(11-13)18-16(25)12-15-20(19(18)26)29-22(27)30-21(15)31-6-8-32(9-7-31)23(33)34-24(3,4)5/h10-12H,6-9H2,1-5H3. The van der Waals surface area contributed by atoms with Gasteiger partial charge in [0.15, 0.2) is 5.82 Å². The molecule has 1 aliphatic heterocycles. The summed E-state index contributed by atoms with van der Waals surface area (Å²) >= 11 is 6.51. The lowest BCUT2D eigenvalue weighted by Crippen LogP contribution is -2.50. The first-order valence-electron chi connectivity index (χ1n) is 11.0. The fraction of sp³-hybridized carbons (Fsp3) is 0.417. The summed E-state index contributed by atoms with van der Waals surface area (Å²) < 4.78 is 35.5. The number of pyridine rings is 1. The van der Waals surface area contributed by atoms with E-state index < -0.39 is 23.6 Å². The summed E-state index contributed by atoms with van der Waals surface area (Å²) in [7, 11) is 0. The number of carbonyl (C=O) groups is 1. The monoisotopic (exact) mass is 489 g/mol. The predicted molar refractivity (Wildman–Crippen MR) is 127 cm³/mol. The molecule has 1 aliphatic rings. The second kappa shape index (κ2) is 8.94. The van der Waals surface area contributed by atoms with Crippen LogP contribution in [0.25, 0.3) is 22.2 Å². The van der Waals surface area contributed by atoms with Gasteiger partial charge in [-0.3, -0.25) is 4.98 Å². The van der Waals surface area contributed by atoms with Crippen molar-refractivity contribution in [2.75, 3.05) is 31.1 Å². The number of carbonyl (C=O) groups excluding carboxylic acids is 1. The number of rotatable bonds is 2. The van der Waals surface area contributed by atoms with Gasteiger partial charge in [0.2, 0.25) is 0 Å². The normalized spacial score (nSPS) is 14.6. The van der Waals surface area contributed by atoms with Crippen molar-refractivity contribution in [2.24, 2.45) is 0 Å². The molecule has 0 spiro atoms. The fourth-order valence-electron chi connectivity index (χ4n) is 4.03. The summed E-state index contributed by atoms with van der Waals surface area (Å²) in [6.45, 7) is 10.5. The second-order valence-electron chi connectivity index (χ2n) is 9.39. The molecule has 3 heterocycles. The molecular weight excluding hydrogens is 464 g/mol. The Bertz CT molecular complexity index is 1250. The molecule has 1 saturated heterocycles. The average Bonchev–Trinajstić information content (AvgIpc) is 2.72. The number of benzene rings is 1. The highest BCUT2D eigenvalue weighted by Crippen LogP contribution is 2.37. The molecule has 0 radical (unpaired) electrons. The molecule has 0 aliphatic carbocycles. The Balaban J connectivity index is 1.70. The maximum atomic E-state index is 15.7. The minimum atomic E-state index is -1.04. The first-order valence-corrected chi connectivity index (χ1v) is 11.3. The number of aryl methyl sites for hydroxylation is 2. The molecular formula is C24H26ClF2N5O2. The summed E-state index contributed by atoms with van der Waals surface area (Å²) in [6.07, 6.45) is -1.46. The number of piperazine rings is 1. The van der Waals surface area contributed by atoms with Gasteiger partial charge in [-0.25, -0.2) is 9.18 Å². The molecule has 34 heavy (non-hydrogen) atoms. The highest BCUT2D eigenvalue weighted by atomic mass is 35.5. The molecule has 3 aromatic rings. The van der Waals surface area contributed by atoms with Gasteiger partial charge < -0.3 is 14.5 Å². The summed E-state index contributed by atoms with van der Waals surface area (Å²) in [6, 6.07) is 5.13. The molecule has 180 valence electrons. The van der Waals surface area contributed by atoms with Crippen LogP contribution in [0.2, 0.25) is 5.02 Å². The van der Waals surface area contributed by atoms with Crippen molar-refractivity contribution in [3.05, 3.63) is 46.4 Å². The summed E-state index contributed by atoms with van der Waals surface area (Å²) in [5.41, 5.74) is 1.26. The topological polar surface area (TPSA) is 71.5 Å². The van der Waals surface area contributed by atoms with E-state index in [4.69, 9.17) is 16.3 Å². The third-order valence-corrected chi connectivity index (χ3v) is 5.72. The van der Waals surface area contributed by atoms with Gasteiger partial charge in [-0.05, 0) is 58.4 Å². The molecule has 0 unspecified atom stereocenters. The number of hydrogen-bond acceptors (Lipinski definition) is 6. The Morgan fingerprint density at radius 1 is 1.03 bits per heavy atom. The number of anilines is 1. The molecule has 0 bridgehead atoms. The minimum Gasteiger partial charge on any atom is -0.444 e. The van der Waals surface area contributed by atoms with Crippen LogP contribution in [0.5, 0.6) is 0 Å². The molecule has 1 fully saturated rings. The first kappa shape index (κ1) is 24.1. The van der Waals surface area contributed by atoms with Crippen molar-refractivity contribution in [1.82, 2.24) is 19.9 Å². The van der Waals surface area contributed by atoms with Crippen molar-refractivity contribution in [1.29, 1.82) is 0 Å². The average molecular weight is 490 g/mol. The van der Waals surface area contributed by atoms with Gasteiger partial charge in [0.25, 0.3) is 0 Å². The Hall–Kier alpha value is -3.07. The highest BCUT2D eigenvalue weighted by molar-refractivity contribution is 6.34. The van der Waals surface area contributed by atoms with Crippen LogP contribution in [0, 0.1) is 25.7 Å². The Morgan fingerprint density at radius 3 is 2.32 bits per heavy atom. The number of amides is 1. The van der Waals surface area contributed by atoms with E-state index in [-0.39, 0.29) is 21.9 Å². The summed E-state index contributed by atoms with van der Waals surface area (Å²) in [5.74, 6) is -0.526. The SMILES string of the molecule is Cc1cc(C)nc(-c2c(Cl)cc3c(N4CCN(C(=O)OC(C)(C)C)CC4)nc(F)nc3c2F)c1. The summed E-state index contributed by atoms with van der Waals surface area (Å²) in [4.78, 5) is 27.8. The van der Waals surface area contributed by atoms with E-state index in [0.29, 0.717) is 43.0 Å². The van der Waals surface area contributed by atoms with Gasteiger partial charge in [0.1, 0.15) is 16.9 Å². The van der Waals surface area contributed by atoms with Gasteiger partial charge in [0.05, 0.1) is 16.3 Å². The number of fused-ring (bicyclic) bond motifs is 1. The predicted octanol–water partition coefficient (Wildman–Crippen LogP) is 5.30. The quantitative estimate of drug-likeness (QED) is 0.455. The zero-order valence-electron chi connectivity index (χ0n) is 19.7. The highest BCUT2D eigenvalue weighted by Gasteiger charge is 2.28. The second-order valence-corrected chi connectivity index (χ2v) is 9.79. The van der Waals surface area contributed by atoms with E-state index in [2.05, 4.69) is 15.0 Å². The Labute approximate surface area is 201 Å². The third-order valence-electron chi connectivity index (χ3n) is 5.42. The van der Waals surface area contributed by atoms with Crippen molar-refractivity contribution in [3.63, 3.8) is 0 Å². The van der Waals surface area contributed by atoms with E-state index in [1.807, 2.05) is 13.0 Å². The molecule has 4 rings (SSSR count). The lowest BCUT2D eigenvalue weighted by Gasteiger charge is -2.36. The molecule has 2 aromatic heterocycles. The lowest BCUT2D eigenvalue weighted by atomic mass is 10.0. The van der Waals surface area contributed by atoms with Gasteiger partial charge >= 0.3 is 12.2 Å².